The van der Waals surface area contributed by atoms with Crippen molar-refractivity contribution >= 4 is 28.9 Å². The lowest BCUT2D eigenvalue weighted by atomic mass is 10.1. The van der Waals surface area contributed by atoms with Gasteiger partial charge in [-0.25, -0.2) is 15.0 Å². The predicted molar refractivity (Wildman–Crippen MR) is 63.1 cm³/mol. The monoisotopic (exact) mass is 265 g/mol. The van der Waals surface area contributed by atoms with Crippen LogP contribution in [0, 0.1) is 5.92 Å². The molecular weight excluding hydrogens is 254 g/mol. The van der Waals surface area contributed by atoms with Crippen LogP contribution < -0.4 is 5.73 Å². The van der Waals surface area contributed by atoms with E-state index in [2.05, 4.69) is 15.0 Å². The molecule has 0 fully saturated rings. The lowest BCUT2D eigenvalue weighted by molar-refractivity contribution is -0.148. The van der Waals surface area contributed by atoms with Crippen LogP contribution in [-0.2, 0) is 16.1 Å². The lowest BCUT2D eigenvalue weighted by Crippen LogP contribution is -2.23. The third-order valence-corrected chi connectivity index (χ3v) is 2.62. The molecule has 0 saturated heterocycles. The summed E-state index contributed by atoms with van der Waals surface area (Å²) in [6, 6.07) is 0. The molecule has 1 atom stereocenters. The van der Waals surface area contributed by atoms with Gasteiger partial charge in [-0.1, -0.05) is 0 Å². The van der Waals surface area contributed by atoms with Crippen molar-refractivity contribution in [2.75, 3.05) is 5.73 Å². The van der Waals surface area contributed by atoms with Crippen molar-refractivity contribution < 1.29 is 19.8 Å². The molecule has 1 unspecified atom stereocenters. The summed E-state index contributed by atoms with van der Waals surface area (Å²) in [5.41, 5.74) is 6.35. The normalized spacial score (nSPS) is 12.4. The van der Waals surface area contributed by atoms with Crippen molar-refractivity contribution in [2.45, 2.75) is 13.0 Å². The molecule has 100 valence electrons. The average Bonchev–Trinajstić information content (AvgIpc) is 2.72. The van der Waals surface area contributed by atoms with Crippen LogP contribution in [0.25, 0.3) is 11.2 Å². The zero-order valence-corrected chi connectivity index (χ0v) is 9.72. The Labute approximate surface area is 106 Å². The molecule has 0 saturated carbocycles. The zero-order chi connectivity index (χ0) is 14.0. The van der Waals surface area contributed by atoms with Gasteiger partial charge in [0, 0.05) is 6.54 Å². The van der Waals surface area contributed by atoms with E-state index in [9.17, 15) is 9.59 Å². The number of aliphatic carboxylic acids is 2. The molecule has 0 aromatic carbocycles. The summed E-state index contributed by atoms with van der Waals surface area (Å²) < 4.78 is 1.45. The van der Waals surface area contributed by atoms with E-state index >= 15 is 0 Å². The molecule has 0 radical (unpaired) electrons. The highest BCUT2D eigenvalue weighted by atomic mass is 16.4. The Kier molecular flexibility index (Phi) is 3.27. The van der Waals surface area contributed by atoms with Gasteiger partial charge in [-0.3, -0.25) is 9.59 Å². The molecular formula is C10H11N5O4. The molecule has 2 heterocycles. The summed E-state index contributed by atoms with van der Waals surface area (Å²) in [5, 5.41) is 17.7. The highest BCUT2D eigenvalue weighted by Gasteiger charge is 2.22. The lowest BCUT2D eigenvalue weighted by Gasteiger charge is -2.10. The van der Waals surface area contributed by atoms with Crippen molar-refractivity contribution in [1.82, 2.24) is 19.5 Å². The Morgan fingerprint density at radius 2 is 2.05 bits per heavy atom. The molecule has 0 aliphatic carbocycles. The molecule has 0 spiro atoms. The Morgan fingerprint density at radius 3 is 2.68 bits per heavy atom. The third kappa shape index (κ3) is 2.59. The number of hydrogen-bond acceptors (Lipinski definition) is 6. The standard InChI is InChI=1S/C10H11N5O4/c11-8-7-9(13-3-12-8)15(4-14-7)2-5(10(18)19)1-6(16)17/h3-5H,1-2H2,(H,16,17)(H,18,19)(H2,11,12,13). The van der Waals surface area contributed by atoms with Crippen LogP contribution in [0.4, 0.5) is 5.82 Å². The first kappa shape index (κ1) is 12.7. The highest BCUT2D eigenvalue weighted by molar-refractivity contribution is 5.81. The fourth-order valence-electron chi connectivity index (χ4n) is 1.71. The van der Waals surface area contributed by atoms with E-state index in [1.54, 1.807) is 0 Å². The quantitative estimate of drug-likeness (QED) is 0.661. The minimum absolute atomic E-state index is 0.0470. The molecule has 0 bridgehead atoms. The van der Waals surface area contributed by atoms with Gasteiger partial charge >= 0.3 is 11.9 Å². The Balaban J connectivity index is 2.31. The van der Waals surface area contributed by atoms with Gasteiger partial charge in [0.2, 0.25) is 0 Å². The first-order valence-corrected chi connectivity index (χ1v) is 5.35. The maximum absolute atomic E-state index is 11.0. The molecule has 2 rings (SSSR count). The van der Waals surface area contributed by atoms with Crippen LogP contribution in [0.2, 0.25) is 0 Å². The second kappa shape index (κ2) is 4.88. The number of nitrogens with zero attached hydrogens (tertiary/aromatic N) is 4. The SMILES string of the molecule is Nc1ncnc2c1ncn2CC(CC(=O)O)C(=O)O. The van der Waals surface area contributed by atoms with Crippen LogP contribution in [0.5, 0.6) is 0 Å². The van der Waals surface area contributed by atoms with Gasteiger partial charge in [0.15, 0.2) is 11.5 Å². The second-order valence-corrected chi connectivity index (χ2v) is 3.96. The van der Waals surface area contributed by atoms with Crippen LogP contribution in [-0.4, -0.2) is 41.7 Å². The van der Waals surface area contributed by atoms with Crippen molar-refractivity contribution in [2.24, 2.45) is 5.92 Å². The van der Waals surface area contributed by atoms with Crippen LogP contribution in [0.3, 0.4) is 0 Å². The predicted octanol–water partition coefficient (Wildman–Crippen LogP) is -0.416. The first-order chi connectivity index (χ1) is 8.99. The van der Waals surface area contributed by atoms with Crippen LogP contribution in [0.15, 0.2) is 12.7 Å². The zero-order valence-electron chi connectivity index (χ0n) is 9.72. The van der Waals surface area contributed by atoms with Gasteiger partial charge in [-0.2, -0.15) is 0 Å². The van der Waals surface area contributed by atoms with Gasteiger partial charge in [0.25, 0.3) is 0 Å². The maximum atomic E-state index is 11.0. The smallest absolute Gasteiger partial charge is 0.308 e. The molecule has 0 aliphatic rings. The molecule has 2 aromatic rings. The van der Waals surface area contributed by atoms with E-state index in [1.807, 2.05) is 0 Å². The van der Waals surface area contributed by atoms with Gasteiger partial charge in [0.05, 0.1) is 18.7 Å². The van der Waals surface area contributed by atoms with Crippen LogP contribution >= 0.6 is 0 Å². The van der Waals surface area contributed by atoms with Gasteiger partial charge < -0.3 is 20.5 Å². The summed E-state index contributed by atoms with van der Waals surface area (Å²) in [6.07, 6.45) is 2.13. The number of carboxylic acids is 2. The van der Waals surface area contributed by atoms with Crippen molar-refractivity contribution in [1.29, 1.82) is 0 Å². The summed E-state index contributed by atoms with van der Waals surface area (Å²) in [4.78, 5) is 33.3. The number of carbonyl (C=O) groups is 2. The number of anilines is 1. The van der Waals surface area contributed by atoms with Crippen LogP contribution in [0.1, 0.15) is 6.42 Å². The topological polar surface area (TPSA) is 144 Å². The molecule has 0 aliphatic heterocycles. The Morgan fingerprint density at radius 1 is 1.32 bits per heavy atom. The van der Waals surface area contributed by atoms with E-state index in [4.69, 9.17) is 15.9 Å². The Bertz CT molecular complexity index is 638. The van der Waals surface area contributed by atoms with Crippen molar-refractivity contribution in [3.8, 4) is 0 Å². The number of nitrogens with two attached hydrogens (primary N) is 1. The fraction of sp³-hybridized carbons (Fsp3) is 0.300. The number of imidazole rings is 1. The van der Waals surface area contributed by atoms with Crippen molar-refractivity contribution in [3.05, 3.63) is 12.7 Å². The second-order valence-electron chi connectivity index (χ2n) is 3.96. The third-order valence-electron chi connectivity index (χ3n) is 2.62. The number of carboxylic acid groups (broad SMARTS) is 2. The minimum atomic E-state index is -1.19. The minimum Gasteiger partial charge on any atom is -0.481 e. The first-order valence-electron chi connectivity index (χ1n) is 5.35. The summed E-state index contributed by atoms with van der Waals surface area (Å²) in [6.45, 7) is -0.0470. The number of hydrogen-bond donors (Lipinski definition) is 3. The fourth-order valence-corrected chi connectivity index (χ4v) is 1.71. The summed E-state index contributed by atoms with van der Waals surface area (Å²) >= 11 is 0. The van der Waals surface area contributed by atoms with Gasteiger partial charge in [-0.15, -0.1) is 0 Å². The largest absolute Gasteiger partial charge is 0.481 e. The van der Waals surface area contributed by atoms with E-state index in [-0.39, 0.29) is 12.4 Å². The highest BCUT2D eigenvalue weighted by Crippen LogP contribution is 2.17. The molecule has 19 heavy (non-hydrogen) atoms. The van der Waals surface area contributed by atoms with Crippen molar-refractivity contribution in [3.63, 3.8) is 0 Å². The number of rotatable bonds is 5. The van der Waals surface area contributed by atoms with Gasteiger partial charge in [0.1, 0.15) is 11.8 Å². The average molecular weight is 265 g/mol. The Hall–Kier alpha value is -2.71. The summed E-state index contributed by atoms with van der Waals surface area (Å²) in [7, 11) is 0. The van der Waals surface area contributed by atoms with Gasteiger partial charge in [-0.05, 0) is 0 Å². The molecule has 9 nitrogen and oxygen atoms in total. The van der Waals surface area contributed by atoms with E-state index < -0.39 is 24.3 Å². The van der Waals surface area contributed by atoms with E-state index in [0.29, 0.717) is 11.2 Å². The summed E-state index contributed by atoms with van der Waals surface area (Å²) in [5.74, 6) is -3.24. The maximum Gasteiger partial charge on any atom is 0.308 e. The number of aromatic nitrogens is 4. The number of nitrogen functional groups attached to an aromatic ring is 1. The van der Waals surface area contributed by atoms with E-state index in [1.165, 1.54) is 17.2 Å². The molecule has 2 aromatic heterocycles. The molecule has 4 N–H and O–H groups in total. The van der Waals surface area contributed by atoms with E-state index in [0.717, 1.165) is 0 Å². The molecule has 9 heteroatoms. The number of fused-ring (bicyclic) bond motifs is 1. The molecule has 0 amide bonds.